The van der Waals surface area contributed by atoms with Gasteiger partial charge in [0.15, 0.2) is 5.69 Å². The van der Waals surface area contributed by atoms with Gasteiger partial charge in [0.1, 0.15) is 0 Å². The van der Waals surface area contributed by atoms with Crippen LogP contribution in [-0.4, -0.2) is 33.7 Å². The Kier molecular flexibility index (Phi) is 7.03. The summed E-state index contributed by atoms with van der Waals surface area (Å²) in [6.07, 6.45) is -3.78. The first-order valence-electron chi connectivity index (χ1n) is 10.4. The maximum Gasteiger partial charge on any atom is 0.434 e. The van der Waals surface area contributed by atoms with Crippen molar-refractivity contribution in [3.05, 3.63) is 82.7 Å². The SMILES string of the molecule is Cc1ccc(-n2ncc(C(=O)NCc3ccccc3CN(C)C(C)C)c2C(F)(F)F)cc1. The molecule has 2 aromatic carbocycles. The van der Waals surface area contributed by atoms with E-state index >= 15 is 0 Å². The molecule has 0 radical (unpaired) electrons. The van der Waals surface area contributed by atoms with Crippen LogP contribution in [0.5, 0.6) is 0 Å². The van der Waals surface area contributed by atoms with Gasteiger partial charge in [-0.3, -0.25) is 9.69 Å². The van der Waals surface area contributed by atoms with E-state index in [9.17, 15) is 18.0 Å². The zero-order valence-corrected chi connectivity index (χ0v) is 18.6. The molecule has 0 aliphatic rings. The van der Waals surface area contributed by atoms with Crippen LogP contribution >= 0.6 is 0 Å². The Bertz CT molecular complexity index is 1070. The summed E-state index contributed by atoms with van der Waals surface area (Å²) in [5.74, 6) is -0.817. The lowest BCUT2D eigenvalue weighted by molar-refractivity contribution is -0.143. The fraction of sp³-hybridized carbons (Fsp3) is 0.333. The molecule has 1 aromatic heterocycles. The minimum absolute atomic E-state index is 0.119. The lowest BCUT2D eigenvalue weighted by Gasteiger charge is -2.22. The second kappa shape index (κ2) is 9.56. The van der Waals surface area contributed by atoms with E-state index in [1.165, 1.54) is 0 Å². The Balaban J connectivity index is 1.85. The highest BCUT2D eigenvalue weighted by Gasteiger charge is 2.40. The Morgan fingerprint density at radius 2 is 1.72 bits per heavy atom. The summed E-state index contributed by atoms with van der Waals surface area (Å²) in [7, 11) is 2.00. The minimum atomic E-state index is -4.74. The molecule has 3 rings (SSSR count). The molecule has 0 unspecified atom stereocenters. The van der Waals surface area contributed by atoms with Crippen molar-refractivity contribution in [2.75, 3.05) is 7.05 Å². The zero-order chi connectivity index (χ0) is 23.5. The molecule has 0 spiro atoms. The molecule has 5 nitrogen and oxygen atoms in total. The summed E-state index contributed by atoms with van der Waals surface area (Å²) < 4.78 is 42.4. The van der Waals surface area contributed by atoms with Crippen LogP contribution in [0.25, 0.3) is 5.69 Å². The van der Waals surface area contributed by atoms with Gasteiger partial charge in [-0.15, -0.1) is 0 Å². The number of amides is 1. The van der Waals surface area contributed by atoms with Gasteiger partial charge in [-0.1, -0.05) is 42.0 Å². The zero-order valence-electron chi connectivity index (χ0n) is 18.6. The molecule has 0 aliphatic heterocycles. The molecular formula is C24H27F3N4O. The van der Waals surface area contributed by atoms with E-state index in [1.54, 1.807) is 24.3 Å². The molecule has 170 valence electrons. The molecule has 0 aliphatic carbocycles. The van der Waals surface area contributed by atoms with Crippen LogP contribution in [0, 0.1) is 6.92 Å². The van der Waals surface area contributed by atoms with Gasteiger partial charge in [-0.05, 0) is 51.1 Å². The van der Waals surface area contributed by atoms with Gasteiger partial charge >= 0.3 is 6.18 Å². The lowest BCUT2D eigenvalue weighted by Crippen LogP contribution is -2.28. The summed E-state index contributed by atoms with van der Waals surface area (Å²) in [6, 6.07) is 14.4. The molecule has 0 atom stereocenters. The van der Waals surface area contributed by atoms with Crippen molar-refractivity contribution >= 4 is 5.91 Å². The van der Waals surface area contributed by atoms with Gasteiger partial charge < -0.3 is 5.32 Å². The molecule has 8 heteroatoms. The average molecular weight is 445 g/mol. The van der Waals surface area contributed by atoms with Crippen molar-refractivity contribution in [1.82, 2.24) is 20.0 Å². The van der Waals surface area contributed by atoms with Crippen molar-refractivity contribution in [2.45, 2.75) is 46.1 Å². The molecule has 0 fully saturated rings. The van der Waals surface area contributed by atoms with E-state index < -0.39 is 23.3 Å². The van der Waals surface area contributed by atoms with Crippen LogP contribution in [0.2, 0.25) is 0 Å². The maximum atomic E-state index is 13.9. The molecular weight excluding hydrogens is 417 g/mol. The number of rotatable bonds is 7. The van der Waals surface area contributed by atoms with Crippen LogP contribution in [0.3, 0.4) is 0 Å². The highest BCUT2D eigenvalue weighted by Crippen LogP contribution is 2.33. The van der Waals surface area contributed by atoms with Gasteiger partial charge in [0.05, 0.1) is 17.4 Å². The number of nitrogens with zero attached hydrogens (tertiary/aromatic N) is 3. The largest absolute Gasteiger partial charge is 0.434 e. The predicted octanol–water partition coefficient (Wildman–Crippen LogP) is 4.97. The topological polar surface area (TPSA) is 50.2 Å². The quantitative estimate of drug-likeness (QED) is 0.560. The summed E-state index contributed by atoms with van der Waals surface area (Å²) in [4.78, 5) is 14.9. The Hall–Kier alpha value is -3.13. The highest BCUT2D eigenvalue weighted by atomic mass is 19.4. The van der Waals surface area contributed by atoms with Gasteiger partial charge in [-0.2, -0.15) is 18.3 Å². The summed E-state index contributed by atoms with van der Waals surface area (Å²) in [6.45, 7) is 6.79. The van der Waals surface area contributed by atoms with E-state index in [0.29, 0.717) is 12.6 Å². The average Bonchev–Trinajstić information content (AvgIpc) is 3.19. The number of alkyl halides is 3. The number of aryl methyl sites for hydroxylation is 1. The van der Waals surface area contributed by atoms with E-state index in [1.807, 2.05) is 38.2 Å². The molecule has 3 aromatic rings. The summed E-state index contributed by atoms with van der Waals surface area (Å²) in [5.41, 5.74) is 1.42. The van der Waals surface area contributed by atoms with Crippen molar-refractivity contribution in [2.24, 2.45) is 0 Å². The smallest absolute Gasteiger partial charge is 0.348 e. The van der Waals surface area contributed by atoms with Gasteiger partial charge in [0.25, 0.3) is 5.91 Å². The normalized spacial score (nSPS) is 11.9. The third-order valence-electron chi connectivity index (χ3n) is 5.42. The van der Waals surface area contributed by atoms with Crippen molar-refractivity contribution in [3.8, 4) is 5.69 Å². The number of benzene rings is 2. The maximum absolute atomic E-state index is 13.9. The monoisotopic (exact) mass is 444 g/mol. The molecule has 32 heavy (non-hydrogen) atoms. The minimum Gasteiger partial charge on any atom is -0.348 e. The van der Waals surface area contributed by atoms with Crippen LogP contribution in [0.1, 0.15) is 46.6 Å². The number of carbonyl (C=O) groups excluding carboxylic acids is 1. The third-order valence-corrected chi connectivity index (χ3v) is 5.42. The van der Waals surface area contributed by atoms with Gasteiger partial charge in [0.2, 0.25) is 0 Å². The molecule has 0 bridgehead atoms. The molecule has 1 N–H and O–H groups in total. The fourth-order valence-corrected chi connectivity index (χ4v) is 3.28. The van der Waals surface area contributed by atoms with Gasteiger partial charge in [0, 0.05) is 19.1 Å². The van der Waals surface area contributed by atoms with Crippen LogP contribution < -0.4 is 5.32 Å². The molecule has 1 amide bonds. The molecule has 1 heterocycles. The van der Waals surface area contributed by atoms with Crippen molar-refractivity contribution in [3.63, 3.8) is 0 Å². The number of aromatic nitrogens is 2. The standard InChI is InChI=1S/C24H27F3N4O/c1-16(2)30(4)15-19-8-6-5-7-18(19)13-28-23(32)21-14-29-31(22(21)24(25,26)27)20-11-9-17(3)10-12-20/h5-12,14,16H,13,15H2,1-4H3,(H,28,32). The first-order valence-corrected chi connectivity index (χ1v) is 10.4. The van der Waals surface area contributed by atoms with Crippen molar-refractivity contribution < 1.29 is 18.0 Å². The second-order valence-electron chi connectivity index (χ2n) is 8.11. The van der Waals surface area contributed by atoms with E-state index in [-0.39, 0.29) is 12.2 Å². The third kappa shape index (κ3) is 5.37. The predicted molar refractivity (Wildman–Crippen MR) is 118 cm³/mol. The van der Waals surface area contributed by atoms with E-state index in [4.69, 9.17) is 0 Å². The lowest BCUT2D eigenvalue weighted by atomic mass is 10.1. The number of hydrogen-bond donors (Lipinski definition) is 1. The number of halogens is 3. The van der Waals surface area contributed by atoms with Crippen LogP contribution in [0.4, 0.5) is 13.2 Å². The van der Waals surface area contributed by atoms with E-state index in [0.717, 1.165) is 27.6 Å². The van der Waals surface area contributed by atoms with E-state index in [2.05, 4.69) is 29.2 Å². The Morgan fingerprint density at radius 3 is 2.31 bits per heavy atom. The van der Waals surface area contributed by atoms with Crippen molar-refractivity contribution in [1.29, 1.82) is 0 Å². The highest BCUT2D eigenvalue weighted by molar-refractivity contribution is 5.95. The first-order chi connectivity index (χ1) is 15.1. The Morgan fingerprint density at radius 1 is 1.09 bits per heavy atom. The second-order valence-corrected chi connectivity index (χ2v) is 8.11. The van der Waals surface area contributed by atoms with Gasteiger partial charge in [-0.25, -0.2) is 4.68 Å². The summed E-state index contributed by atoms with van der Waals surface area (Å²) >= 11 is 0. The Labute approximate surface area is 185 Å². The number of carbonyl (C=O) groups is 1. The number of nitrogens with one attached hydrogen (secondary N) is 1. The fourth-order valence-electron chi connectivity index (χ4n) is 3.28. The molecule has 0 saturated heterocycles. The van der Waals surface area contributed by atoms with Crippen LogP contribution in [0.15, 0.2) is 54.7 Å². The number of hydrogen-bond acceptors (Lipinski definition) is 3. The summed E-state index contributed by atoms with van der Waals surface area (Å²) in [5, 5.41) is 6.50. The molecule has 0 saturated carbocycles. The van der Waals surface area contributed by atoms with Crippen LogP contribution in [-0.2, 0) is 19.3 Å². The first kappa shape index (κ1) is 23.5.